The topological polar surface area (TPSA) is 62.2 Å². The Hall–Kier alpha value is -2.16. The number of carbonyl (C=O) groups is 1. The standard InChI is InChI=1S/C15H14N2O2S/c1-11(13-7-4-10-20-13)17-15(19)14-12(6-3-9-18)5-2-8-16-14/h2,4-5,7-8,10-11,18H,9H2,1H3,(H,17,19). The minimum absolute atomic E-state index is 0.0804. The fraction of sp³-hybridized carbons (Fsp3) is 0.200. The van der Waals surface area contributed by atoms with E-state index in [4.69, 9.17) is 5.11 Å². The Morgan fingerprint density at radius 2 is 2.35 bits per heavy atom. The molecule has 1 amide bonds. The van der Waals surface area contributed by atoms with E-state index in [-0.39, 0.29) is 24.2 Å². The van der Waals surface area contributed by atoms with Gasteiger partial charge >= 0.3 is 0 Å². The molecule has 1 unspecified atom stereocenters. The molecule has 2 aromatic heterocycles. The molecular formula is C15H14N2O2S. The lowest BCUT2D eigenvalue weighted by Gasteiger charge is -2.12. The van der Waals surface area contributed by atoms with Gasteiger partial charge in [-0.3, -0.25) is 4.79 Å². The average molecular weight is 286 g/mol. The van der Waals surface area contributed by atoms with Crippen molar-refractivity contribution in [2.75, 3.05) is 6.61 Å². The summed E-state index contributed by atoms with van der Waals surface area (Å²) in [6.45, 7) is 1.67. The highest BCUT2D eigenvalue weighted by Crippen LogP contribution is 2.18. The first kappa shape index (κ1) is 14.3. The van der Waals surface area contributed by atoms with Crippen LogP contribution in [0.4, 0.5) is 0 Å². The Morgan fingerprint density at radius 1 is 1.50 bits per heavy atom. The number of pyridine rings is 1. The van der Waals surface area contributed by atoms with Crippen LogP contribution in [0.5, 0.6) is 0 Å². The second kappa shape index (κ2) is 6.85. The van der Waals surface area contributed by atoms with E-state index >= 15 is 0 Å². The zero-order valence-electron chi connectivity index (χ0n) is 11.0. The number of aliphatic hydroxyl groups excluding tert-OH is 1. The molecule has 2 N–H and O–H groups in total. The molecule has 0 aliphatic rings. The smallest absolute Gasteiger partial charge is 0.271 e. The van der Waals surface area contributed by atoms with Crippen molar-refractivity contribution in [2.24, 2.45) is 0 Å². The molecule has 5 heteroatoms. The Labute approximate surface area is 121 Å². The highest BCUT2D eigenvalue weighted by molar-refractivity contribution is 7.10. The second-order valence-corrected chi connectivity index (χ2v) is 5.05. The van der Waals surface area contributed by atoms with E-state index < -0.39 is 0 Å². The number of aliphatic hydroxyl groups is 1. The number of amides is 1. The van der Waals surface area contributed by atoms with E-state index in [1.165, 1.54) is 0 Å². The van der Waals surface area contributed by atoms with Crippen molar-refractivity contribution in [1.82, 2.24) is 10.3 Å². The van der Waals surface area contributed by atoms with Crippen molar-refractivity contribution in [3.63, 3.8) is 0 Å². The SMILES string of the molecule is CC(NC(=O)c1ncccc1C#CCO)c1cccs1. The molecule has 20 heavy (non-hydrogen) atoms. The van der Waals surface area contributed by atoms with Crippen LogP contribution in [-0.2, 0) is 0 Å². The van der Waals surface area contributed by atoms with Crippen LogP contribution in [-0.4, -0.2) is 22.6 Å². The van der Waals surface area contributed by atoms with E-state index in [0.717, 1.165) is 4.88 Å². The molecule has 2 rings (SSSR count). The van der Waals surface area contributed by atoms with Gasteiger partial charge in [-0.25, -0.2) is 4.98 Å². The third-order valence-corrected chi connectivity index (χ3v) is 3.70. The molecule has 102 valence electrons. The molecule has 0 radical (unpaired) electrons. The number of hydrogen-bond donors (Lipinski definition) is 2. The minimum Gasteiger partial charge on any atom is -0.384 e. The van der Waals surface area contributed by atoms with Crippen LogP contribution in [0.15, 0.2) is 35.8 Å². The Morgan fingerprint density at radius 3 is 3.05 bits per heavy atom. The second-order valence-electron chi connectivity index (χ2n) is 4.07. The first-order valence-electron chi connectivity index (χ1n) is 6.11. The summed E-state index contributed by atoms with van der Waals surface area (Å²) >= 11 is 1.59. The summed E-state index contributed by atoms with van der Waals surface area (Å²) in [6, 6.07) is 7.26. The van der Waals surface area contributed by atoms with E-state index in [1.54, 1.807) is 29.7 Å². The van der Waals surface area contributed by atoms with Gasteiger partial charge in [0, 0.05) is 11.1 Å². The van der Waals surface area contributed by atoms with Crippen molar-refractivity contribution >= 4 is 17.2 Å². The monoisotopic (exact) mass is 286 g/mol. The Kier molecular flexibility index (Phi) is 4.88. The maximum absolute atomic E-state index is 12.2. The average Bonchev–Trinajstić information content (AvgIpc) is 2.99. The molecule has 0 aliphatic heterocycles. The summed E-state index contributed by atoms with van der Waals surface area (Å²) in [6.07, 6.45) is 1.55. The fourth-order valence-corrected chi connectivity index (χ4v) is 2.43. The van der Waals surface area contributed by atoms with Gasteiger partial charge in [0.25, 0.3) is 5.91 Å². The predicted octanol–water partition coefficient (Wildman–Crippen LogP) is 1.98. The van der Waals surface area contributed by atoms with E-state index in [1.807, 2.05) is 24.4 Å². The number of nitrogens with zero attached hydrogens (tertiary/aromatic N) is 1. The molecule has 0 bridgehead atoms. The molecule has 1 atom stereocenters. The molecule has 0 spiro atoms. The van der Waals surface area contributed by atoms with Gasteiger partial charge in [0.2, 0.25) is 0 Å². The predicted molar refractivity (Wildman–Crippen MR) is 78.4 cm³/mol. The van der Waals surface area contributed by atoms with Gasteiger partial charge in [-0.05, 0) is 30.5 Å². The maximum atomic E-state index is 12.2. The highest BCUT2D eigenvalue weighted by Gasteiger charge is 2.15. The summed E-state index contributed by atoms with van der Waals surface area (Å²) in [5.74, 6) is 4.99. The molecule has 2 heterocycles. The summed E-state index contributed by atoms with van der Waals surface area (Å²) < 4.78 is 0. The first-order chi connectivity index (χ1) is 9.72. The van der Waals surface area contributed by atoms with Gasteiger partial charge in [-0.15, -0.1) is 11.3 Å². The van der Waals surface area contributed by atoms with E-state index in [0.29, 0.717) is 5.56 Å². The zero-order valence-corrected chi connectivity index (χ0v) is 11.8. The number of aromatic nitrogens is 1. The van der Waals surface area contributed by atoms with Crippen molar-refractivity contribution in [3.05, 3.63) is 52.0 Å². The summed E-state index contributed by atoms with van der Waals surface area (Å²) in [4.78, 5) is 17.4. The summed E-state index contributed by atoms with van der Waals surface area (Å²) in [7, 11) is 0. The van der Waals surface area contributed by atoms with Gasteiger partial charge in [-0.2, -0.15) is 0 Å². The van der Waals surface area contributed by atoms with Crippen LogP contribution in [0, 0.1) is 11.8 Å². The minimum atomic E-state index is -0.270. The van der Waals surface area contributed by atoms with E-state index in [2.05, 4.69) is 22.1 Å². The van der Waals surface area contributed by atoms with Crippen LogP contribution < -0.4 is 5.32 Å². The van der Waals surface area contributed by atoms with Gasteiger partial charge < -0.3 is 10.4 Å². The lowest BCUT2D eigenvalue weighted by atomic mass is 10.1. The number of hydrogen-bond acceptors (Lipinski definition) is 4. The molecule has 2 aromatic rings. The quantitative estimate of drug-likeness (QED) is 0.848. The molecule has 0 aliphatic carbocycles. The van der Waals surface area contributed by atoms with Crippen LogP contribution in [0.1, 0.15) is 33.9 Å². The third-order valence-electron chi connectivity index (χ3n) is 2.64. The molecule has 0 fully saturated rings. The third kappa shape index (κ3) is 3.44. The summed E-state index contributed by atoms with van der Waals surface area (Å²) in [5.41, 5.74) is 0.786. The van der Waals surface area contributed by atoms with Crippen LogP contribution >= 0.6 is 11.3 Å². The largest absolute Gasteiger partial charge is 0.384 e. The number of nitrogens with one attached hydrogen (secondary N) is 1. The summed E-state index contributed by atoms with van der Waals surface area (Å²) in [5, 5.41) is 13.6. The lowest BCUT2D eigenvalue weighted by Crippen LogP contribution is -2.27. The number of rotatable bonds is 3. The van der Waals surface area contributed by atoms with Crippen LogP contribution in [0.25, 0.3) is 0 Å². The van der Waals surface area contributed by atoms with Crippen LogP contribution in [0.3, 0.4) is 0 Å². The van der Waals surface area contributed by atoms with Crippen molar-refractivity contribution in [3.8, 4) is 11.8 Å². The molecule has 4 nitrogen and oxygen atoms in total. The van der Waals surface area contributed by atoms with Gasteiger partial charge in [0.05, 0.1) is 11.6 Å². The molecule has 0 aromatic carbocycles. The van der Waals surface area contributed by atoms with Crippen molar-refractivity contribution in [1.29, 1.82) is 0 Å². The fourth-order valence-electron chi connectivity index (χ4n) is 1.70. The first-order valence-corrected chi connectivity index (χ1v) is 6.99. The lowest BCUT2D eigenvalue weighted by molar-refractivity contribution is 0.0935. The van der Waals surface area contributed by atoms with Crippen molar-refractivity contribution < 1.29 is 9.90 Å². The van der Waals surface area contributed by atoms with Gasteiger partial charge in [0.15, 0.2) is 0 Å². The van der Waals surface area contributed by atoms with Gasteiger partial charge in [-0.1, -0.05) is 17.9 Å². The van der Waals surface area contributed by atoms with Crippen molar-refractivity contribution in [2.45, 2.75) is 13.0 Å². The normalized spacial score (nSPS) is 11.3. The van der Waals surface area contributed by atoms with Crippen LogP contribution in [0.2, 0.25) is 0 Å². The van der Waals surface area contributed by atoms with Gasteiger partial charge in [0.1, 0.15) is 12.3 Å². The number of thiophene rings is 1. The zero-order chi connectivity index (χ0) is 14.4. The Balaban J connectivity index is 2.17. The Bertz CT molecular complexity index is 641. The maximum Gasteiger partial charge on any atom is 0.271 e. The van der Waals surface area contributed by atoms with E-state index in [9.17, 15) is 4.79 Å². The number of carbonyl (C=O) groups excluding carboxylic acids is 1. The molecular weight excluding hydrogens is 272 g/mol. The molecule has 0 saturated heterocycles. The highest BCUT2D eigenvalue weighted by atomic mass is 32.1. The molecule has 0 saturated carbocycles.